The first-order valence-electron chi connectivity index (χ1n) is 6.06. The van der Waals surface area contributed by atoms with Crippen LogP contribution in [-0.2, 0) is 0 Å². The fraction of sp³-hybridized carbons (Fsp3) is 0.571. The molecule has 2 unspecified atom stereocenters. The molecule has 1 N–H and O–H groups in total. The van der Waals surface area contributed by atoms with E-state index in [9.17, 15) is 0 Å². The van der Waals surface area contributed by atoms with Crippen molar-refractivity contribution in [3.05, 3.63) is 23.8 Å². The Bertz CT molecular complexity index is 371. The third-order valence-electron chi connectivity index (χ3n) is 3.08. The second kappa shape index (κ2) is 7.54. The van der Waals surface area contributed by atoms with E-state index in [2.05, 4.69) is 24.6 Å². The van der Waals surface area contributed by atoms with E-state index in [1.165, 1.54) is 0 Å². The van der Waals surface area contributed by atoms with E-state index in [4.69, 9.17) is 9.47 Å². The number of hydrogen-bond acceptors (Lipinski definition) is 4. The van der Waals surface area contributed by atoms with Crippen LogP contribution in [0.25, 0.3) is 0 Å². The van der Waals surface area contributed by atoms with Gasteiger partial charge in [0.05, 0.1) is 14.2 Å². The summed E-state index contributed by atoms with van der Waals surface area (Å²) in [4.78, 5) is 0. The Labute approximate surface area is 114 Å². The van der Waals surface area contributed by atoms with Gasteiger partial charge in [0.15, 0.2) is 0 Å². The van der Waals surface area contributed by atoms with Crippen LogP contribution in [0, 0.1) is 5.92 Å². The predicted octanol–water partition coefficient (Wildman–Crippen LogP) is 2.96. The zero-order chi connectivity index (χ0) is 13.5. The molecule has 0 saturated carbocycles. The monoisotopic (exact) mass is 269 g/mol. The summed E-state index contributed by atoms with van der Waals surface area (Å²) in [7, 11) is 5.38. The minimum absolute atomic E-state index is 0.266. The van der Waals surface area contributed by atoms with E-state index in [1.807, 2.05) is 30.9 Å². The van der Waals surface area contributed by atoms with Gasteiger partial charge < -0.3 is 14.8 Å². The van der Waals surface area contributed by atoms with E-state index in [1.54, 1.807) is 14.2 Å². The lowest BCUT2D eigenvalue weighted by Gasteiger charge is -2.25. The summed E-state index contributed by atoms with van der Waals surface area (Å²) in [6.45, 7) is 2.25. The lowest BCUT2D eigenvalue weighted by Crippen LogP contribution is -2.25. The second-order valence-corrected chi connectivity index (χ2v) is 5.22. The van der Waals surface area contributed by atoms with Crippen molar-refractivity contribution in [3.63, 3.8) is 0 Å². The molecule has 0 bridgehead atoms. The van der Waals surface area contributed by atoms with Gasteiger partial charge in [0.2, 0.25) is 0 Å². The van der Waals surface area contributed by atoms with Crippen LogP contribution >= 0.6 is 11.8 Å². The van der Waals surface area contributed by atoms with Crippen LogP contribution in [-0.4, -0.2) is 33.3 Å². The number of benzene rings is 1. The molecule has 3 nitrogen and oxygen atoms in total. The number of thioether (sulfide) groups is 1. The summed E-state index contributed by atoms with van der Waals surface area (Å²) in [6, 6.07) is 6.21. The zero-order valence-electron chi connectivity index (χ0n) is 11.8. The van der Waals surface area contributed by atoms with Gasteiger partial charge in [0.1, 0.15) is 11.5 Å². The highest BCUT2D eigenvalue weighted by atomic mass is 32.2. The average molecular weight is 269 g/mol. The van der Waals surface area contributed by atoms with Crippen molar-refractivity contribution < 1.29 is 9.47 Å². The topological polar surface area (TPSA) is 30.5 Å². The first-order chi connectivity index (χ1) is 8.67. The van der Waals surface area contributed by atoms with Gasteiger partial charge in [-0.1, -0.05) is 6.92 Å². The van der Waals surface area contributed by atoms with Crippen molar-refractivity contribution in [2.24, 2.45) is 5.92 Å². The van der Waals surface area contributed by atoms with E-state index in [0.717, 1.165) is 22.8 Å². The van der Waals surface area contributed by atoms with Crippen molar-refractivity contribution in [3.8, 4) is 11.5 Å². The quantitative estimate of drug-likeness (QED) is 0.824. The lowest BCUT2D eigenvalue weighted by molar-refractivity contribution is 0.376. The Morgan fingerprint density at radius 1 is 1.28 bits per heavy atom. The second-order valence-electron chi connectivity index (χ2n) is 4.31. The first-order valence-corrected chi connectivity index (χ1v) is 7.45. The number of methoxy groups -OCH3 is 2. The highest BCUT2D eigenvalue weighted by molar-refractivity contribution is 7.98. The van der Waals surface area contributed by atoms with E-state index in [-0.39, 0.29) is 6.04 Å². The Hall–Kier alpha value is -0.870. The summed E-state index contributed by atoms with van der Waals surface area (Å²) >= 11 is 1.86. The molecule has 1 rings (SSSR count). The smallest absolute Gasteiger partial charge is 0.123 e. The summed E-state index contributed by atoms with van der Waals surface area (Å²) in [5.41, 5.74) is 1.15. The van der Waals surface area contributed by atoms with E-state index >= 15 is 0 Å². The molecule has 0 aliphatic carbocycles. The van der Waals surface area contributed by atoms with Crippen molar-refractivity contribution in [2.75, 3.05) is 33.3 Å². The molecule has 0 fully saturated rings. The standard InChI is InChI=1S/C14H23NO2S/c1-10(9-18-5)14(15-2)12-8-11(16-3)6-7-13(12)17-4/h6-8,10,14-15H,9H2,1-5H3. The molecule has 18 heavy (non-hydrogen) atoms. The number of ether oxygens (including phenoxy) is 2. The van der Waals surface area contributed by atoms with Gasteiger partial charge in [-0.05, 0) is 43.2 Å². The van der Waals surface area contributed by atoms with Crippen LogP contribution in [0.4, 0.5) is 0 Å². The highest BCUT2D eigenvalue weighted by Gasteiger charge is 2.21. The van der Waals surface area contributed by atoms with Crippen LogP contribution in [0.2, 0.25) is 0 Å². The maximum atomic E-state index is 5.45. The van der Waals surface area contributed by atoms with Gasteiger partial charge in [-0.25, -0.2) is 0 Å². The maximum absolute atomic E-state index is 5.45. The molecule has 0 heterocycles. The zero-order valence-corrected chi connectivity index (χ0v) is 12.6. The Balaban J connectivity index is 3.09. The molecule has 0 aliphatic heterocycles. The SMILES string of the molecule is CNC(c1cc(OC)ccc1OC)C(C)CSC. The van der Waals surface area contributed by atoms with Crippen LogP contribution < -0.4 is 14.8 Å². The summed E-state index contributed by atoms with van der Waals surface area (Å²) in [6.07, 6.45) is 2.13. The van der Waals surface area contributed by atoms with Gasteiger partial charge in [0.25, 0.3) is 0 Å². The Morgan fingerprint density at radius 3 is 2.50 bits per heavy atom. The highest BCUT2D eigenvalue weighted by Crippen LogP contribution is 2.33. The van der Waals surface area contributed by atoms with Crippen LogP contribution in [0.3, 0.4) is 0 Å². The predicted molar refractivity (Wildman–Crippen MR) is 78.9 cm³/mol. The summed E-state index contributed by atoms with van der Waals surface area (Å²) in [5, 5.41) is 3.38. The van der Waals surface area contributed by atoms with Gasteiger partial charge >= 0.3 is 0 Å². The molecule has 102 valence electrons. The molecular weight excluding hydrogens is 246 g/mol. The molecule has 0 radical (unpaired) electrons. The fourth-order valence-electron chi connectivity index (χ4n) is 2.19. The number of rotatable bonds is 7. The number of hydrogen-bond donors (Lipinski definition) is 1. The average Bonchev–Trinajstić information content (AvgIpc) is 2.39. The van der Waals surface area contributed by atoms with Gasteiger partial charge in [-0.2, -0.15) is 11.8 Å². The minimum Gasteiger partial charge on any atom is -0.497 e. The molecule has 0 amide bonds. The van der Waals surface area contributed by atoms with Crippen LogP contribution in [0.15, 0.2) is 18.2 Å². The first kappa shape index (κ1) is 15.2. The van der Waals surface area contributed by atoms with Crippen molar-refractivity contribution in [2.45, 2.75) is 13.0 Å². The van der Waals surface area contributed by atoms with Crippen molar-refractivity contribution >= 4 is 11.8 Å². The van der Waals surface area contributed by atoms with Crippen LogP contribution in [0.5, 0.6) is 11.5 Å². The molecule has 0 aromatic heterocycles. The normalized spacial score (nSPS) is 14.1. The summed E-state index contributed by atoms with van der Waals surface area (Å²) in [5.74, 6) is 3.39. The molecular formula is C14H23NO2S. The van der Waals surface area contributed by atoms with Crippen molar-refractivity contribution in [1.29, 1.82) is 0 Å². The van der Waals surface area contributed by atoms with Crippen LogP contribution in [0.1, 0.15) is 18.5 Å². The lowest BCUT2D eigenvalue weighted by atomic mass is 9.95. The molecule has 4 heteroatoms. The molecule has 2 atom stereocenters. The third-order valence-corrected chi connectivity index (χ3v) is 3.94. The molecule has 1 aromatic rings. The van der Waals surface area contributed by atoms with Gasteiger partial charge in [0, 0.05) is 11.6 Å². The third kappa shape index (κ3) is 3.56. The van der Waals surface area contributed by atoms with Gasteiger partial charge in [-0.15, -0.1) is 0 Å². The Kier molecular flexibility index (Phi) is 6.36. The number of nitrogens with one attached hydrogen (secondary N) is 1. The molecule has 0 spiro atoms. The summed E-state index contributed by atoms with van der Waals surface area (Å²) < 4.78 is 10.8. The molecule has 1 aromatic carbocycles. The maximum Gasteiger partial charge on any atom is 0.123 e. The Morgan fingerprint density at radius 2 is 2.00 bits per heavy atom. The minimum atomic E-state index is 0.266. The van der Waals surface area contributed by atoms with E-state index < -0.39 is 0 Å². The van der Waals surface area contributed by atoms with Crippen molar-refractivity contribution in [1.82, 2.24) is 5.32 Å². The van der Waals surface area contributed by atoms with E-state index in [0.29, 0.717) is 5.92 Å². The fourth-order valence-corrected chi connectivity index (χ4v) is 2.91. The molecule has 0 saturated heterocycles. The molecule has 0 aliphatic rings. The largest absolute Gasteiger partial charge is 0.497 e. The van der Waals surface area contributed by atoms with Gasteiger partial charge in [-0.3, -0.25) is 0 Å².